The first-order valence-electron chi connectivity index (χ1n) is 11.6. The minimum atomic E-state index is -1.29. The highest BCUT2D eigenvalue weighted by Gasteiger charge is 2.31. The van der Waals surface area contributed by atoms with Crippen LogP contribution in [0.5, 0.6) is 11.5 Å². The number of alkyl carbamates (subject to hydrolysis) is 1. The first-order valence-corrected chi connectivity index (χ1v) is 11.6. The minimum Gasteiger partial charge on any atom is -0.493 e. The topological polar surface area (TPSA) is 170 Å². The van der Waals surface area contributed by atoms with E-state index in [0.717, 1.165) is 10.1 Å². The summed E-state index contributed by atoms with van der Waals surface area (Å²) in [6, 6.07) is 5.12. The SMILES string of the molecule is COc1ccc(CCN(C(=O)C(=O)NC(=O)OC(C)(C)C)N(CCC(C)C)NC(=O)C(N)=O)cc1OC. The number of hydrogen-bond donors (Lipinski definition) is 3. The Morgan fingerprint density at radius 1 is 0.973 bits per heavy atom. The molecule has 1 aromatic rings. The zero-order chi connectivity index (χ0) is 28.3. The first-order chi connectivity index (χ1) is 17.2. The fraction of sp³-hybridized carbons (Fsp3) is 0.542. The van der Waals surface area contributed by atoms with Gasteiger partial charge in [-0.15, -0.1) is 5.12 Å². The number of benzene rings is 1. The highest BCUT2D eigenvalue weighted by atomic mass is 16.6. The predicted molar refractivity (Wildman–Crippen MR) is 133 cm³/mol. The lowest BCUT2D eigenvalue weighted by Gasteiger charge is -2.34. The van der Waals surface area contributed by atoms with Crippen molar-refractivity contribution in [2.24, 2.45) is 11.7 Å². The highest BCUT2D eigenvalue weighted by molar-refractivity contribution is 6.37. The lowest BCUT2D eigenvalue weighted by atomic mass is 10.1. The number of nitrogens with zero attached hydrogens (tertiary/aromatic N) is 2. The predicted octanol–water partition coefficient (Wildman–Crippen LogP) is 0.906. The van der Waals surface area contributed by atoms with Crippen molar-refractivity contribution in [3.63, 3.8) is 0 Å². The van der Waals surface area contributed by atoms with Gasteiger partial charge in [-0.05, 0) is 57.2 Å². The van der Waals surface area contributed by atoms with Gasteiger partial charge in [0, 0.05) is 13.1 Å². The van der Waals surface area contributed by atoms with Gasteiger partial charge in [0.15, 0.2) is 11.5 Å². The highest BCUT2D eigenvalue weighted by Crippen LogP contribution is 2.27. The number of hydrazine groups is 2. The third-order valence-corrected chi connectivity index (χ3v) is 4.77. The van der Waals surface area contributed by atoms with Crippen LogP contribution in [0.4, 0.5) is 4.79 Å². The Hall–Kier alpha value is -3.87. The number of hydrogen-bond acceptors (Lipinski definition) is 9. The van der Waals surface area contributed by atoms with Crippen molar-refractivity contribution in [2.45, 2.75) is 53.1 Å². The smallest absolute Gasteiger partial charge is 0.414 e. The molecular formula is C24H37N5O8. The molecule has 0 heterocycles. The van der Waals surface area contributed by atoms with E-state index in [0.29, 0.717) is 23.5 Å². The van der Waals surface area contributed by atoms with Crippen LogP contribution in [0.15, 0.2) is 18.2 Å². The number of ether oxygens (including phenoxy) is 3. The van der Waals surface area contributed by atoms with Gasteiger partial charge in [0.05, 0.1) is 14.2 Å². The van der Waals surface area contributed by atoms with Crippen LogP contribution in [-0.2, 0) is 30.3 Å². The third-order valence-electron chi connectivity index (χ3n) is 4.77. The molecule has 0 bridgehead atoms. The van der Waals surface area contributed by atoms with Crippen LogP contribution >= 0.6 is 0 Å². The second-order valence-corrected chi connectivity index (χ2v) is 9.43. The third kappa shape index (κ3) is 10.7. The zero-order valence-electron chi connectivity index (χ0n) is 22.4. The van der Waals surface area contributed by atoms with Crippen molar-refractivity contribution in [2.75, 3.05) is 27.3 Å². The summed E-state index contributed by atoms with van der Waals surface area (Å²) in [4.78, 5) is 61.4. The van der Waals surface area contributed by atoms with Gasteiger partial charge in [0.1, 0.15) is 5.60 Å². The van der Waals surface area contributed by atoms with E-state index in [1.54, 1.807) is 39.0 Å². The van der Waals surface area contributed by atoms with Crippen LogP contribution < -0.4 is 25.9 Å². The van der Waals surface area contributed by atoms with Crippen LogP contribution in [0.25, 0.3) is 0 Å². The largest absolute Gasteiger partial charge is 0.493 e. The van der Waals surface area contributed by atoms with E-state index < -0.39 is 35.3 Å². The number of nitrogens with two attached hydrogens (primary N) is 1. The Labute approximate surface area is 216 Å². The van der Waals surface area contributed by atoms with E-state index in [9.17, 15) is 24.0 Å². The summed E-state index contributed by atoms with van der Waals surface area (Å²) in [7, 11) is 2.97. The monoisotopic (exact) mass is 523 g/mol. The Balaban J connectivity index is 3.27. The molecule has 0 unspecified atom stereocenters. The number of carbonyl (C=O) groups is 5. The molecule has 0 radical (unpaired) electrons. The molecule has 13 nitrogen and oxygen atoms in total. The molecule has 0 aliphatic rings. The van der Waals surface area contributed by atoms with Gasteiger partial charge in [-0.25, -0.2) is 9.80 Å². The molecule has 0 aromatic heterocycles. The first kappa shape index (κ1) is 31.2. The summed E-state index contributed by atoms with van der Waals surface area (Å²) in [6.07, 6.45) is -0.427. The number of nitrogens with one attached hydrogen (secondary N) is 2. The standard InChI is InChI=1S/C24H37N5O8/c1-15(2)10-13-29(27-20(31)19(25)30)28(22(33)21(32)26-23(34)37-24(3,4)5)12-11-16-8-9-17(35-6)18(14-16)36-7/h8-9,14-15H,10-13H2,1-7H3,(H2,25,30)(H,27,31)(H,26,32,34). The average Bonchev–Trinajstić information content (AvgIpc) is 2.80. The maximum atomic E-state index is 13.2. The zero-order valence-corrected chi connectivity index (χ0v) is 22.4. The van der Waals surface area contributed by atoms with Crippen LogP contribution in [0.1, 0.15) is 46.6 Å². The maximum Gasteiger partial charge on any atom is 0.414 e. The molecular weight excluding hydrogens is 486 g/mol. The normalized spacial score (nSPS) is 11.1. The molecule has 0 atom stereocenters. The summed E-state index contributed by atoms with van der Waals surface area (Å²) in [5.41, 5.74) is 7.15. The van der Waals surface area contributed by atoms with Gasteiger partial charge in [-0.1, -0.05) is 19.9 Å². The van der Waals surface area contributed by atoms with Gasteiger partial charge < -0.3 is 19.9 Å². The summed E-state index contributed by atoms with van der Waals surface area (Å²) in [5, 5.41) is 3.86. The average molecular weight is 524 g/mol. The Morgan fingerprint density at radius 3 is 2.11 bits per heavy atom. The van der Waals surface area contributed by atoms with E-state index in [2.05, 4.69) is 5.43 Å². The lowest BCUT2D eigenvalue weighted by Crippen LogP contribution is -2.61. The second-order valence-electron chi connectivity index (χ2n) is 9.43. The summed E-state index contributed by atoms with van der Waals surface area (Å²) in [5.74, 6) is -3.81. The molecule has 1 aromatic carbocycles. The Morgan fingerprint density at radius 2 is 1.59 bits per heavy atom. The fourth-order valence-electron chi connectivity index (χ4n) is 2.96. The molecule has 0 aliphatic carbocycles. The van der Waals surface area contributed by atoms with Crippen LogP contribution in [0, 0.1) is 5.92 Å². The van der Waals surface area contributed by atoms with E-state index in [-0.39, 0.29) is 25.4 Å². The number of amides is 5. The van der Waals surface area contributed by atoms with Crippen LogP contribution in [-0.4, -0.2) is 72.8 Å². The number of imide groups is 1. The van der Waals surface area contributed by atoms with E-state index in [4.69, 9.17) is 19.9 Å². The van der Waals surface area contributed by atoms with Crippen molar-refractivity contribution >= 4 is 29.7 Å². The van der Waals surface area contributed by atoms with Gasteiger partial charge in [-0.3, -0.25) is 29.9 Å². The van der Waals surface area contributed by atoms with Gasteiger partial charge in [0.25, 0.3) is 0 Å². The molecule has 0 spiro atoms. The summed E-state index contributed by atoms with van der Waals surface area (Å²) >= 11 is 0. The second kappa shape index (κ2) is 14.0. The molecule has 4 N–H and O–H groups in total. The van der Waals surface area contributed by atoms with Crippen LogP contribution in [0.3, 0.4) is 0 Å². The van der Waals surface area contributed by atoms with Crippen LogP contribution in [0.2, 0.25) is 0 Å². The molecule has 0 saturated heterocycles. The molecule has 13 heteroatoms. The molecule has 37 heavy (non-hydrogen) atoms. The number of primary amides is 1. The van der Waals surface area contributed by atoms with Crippen molar-refractivity contribution in [3.8, 4) is 11.5 Å². The molecule has 5 amide bonds. The van der Waals surface area contributed by atoms with E-state index in [1.165, 1.54) is 14.2 Å². The van der Waals surface area contributed by atoms with E-state index >= 15 is 0 Å². The molecule has 0 aliphatic heterocycles. The molecule has 0 fully saturated rings. The van der Waals surface area contributed by atoms with E-state index in [1.807, 2.05) is 19.2 Å². The minimum absolute atomic E-state index is 0.0636. The molecule has 0 saturated carbocycles. The Kier molecular flexibility index (Phi) is 11.8. The lowest BCUT2D eigenvalue weighted by molar-refractivity contribution is -0.168. The number of methoxy groups -OCH3 is 2. The van der Waals surface area contributed by atoms with Crippen molar-refractivity contribution in [1.29, 1.82) is 0 Å². The van der Waals surface area contributed by atoms with Crippen molar-refractivity contribution in [1.82, 2.24) is 20.9 Å². The molecule has 206 valence electrons. The maximum absolute atomic E-state index is 13.2. The summed E-state index contributed by atoms with van der Waals surface area (Å²) in [6.45, 7) is 8.57. The quantitative estimate of drug-likeness (QED) is 0.298. The fourth-order valence-corrected chi connectivity index (χ4v) is 2.96. The van der Waals surface area contributed by atoms with Gasteiger partial charge in [-0.2, -0.15) is 0 Å². The van der Waals surface area contributed by atoms with Gasteiger partial charge >= 0.3 is 29.7 Å². The Bertz CT molecular complexity index is 990. The van der Waals surface area contributed by atoms with Gasteiger partial charge in [0.2, 0.25) is 0 Å². The summed E-state index contributed by atoms with van der Waals surface area (Å²) < 4.78 is 15.6. The number of rotatable bonds is 10. The molecule has 1 rings (SSSR count). The van der Waals surface area contributed by atoms with Crippen molar-refractivity contribution < 1.29 is 38.2 Å². The number of carbonyl (C=O) groups excluding carboxylic acids is 5. The van der Waals surface area contributed by atoms with Crippen molar-refractivity contribution in [3.05, 3.63) is 23.8 Å².